The highest BCUT2D eigenvalue weighted by Crippen LogP contribution is 2.38. The third kappa shape index (κ3) is 3.51. The standard InChI is InChI=1S/C15H24O6/c1-8(16)11(9(2)17)13-12(20-15(5,6)21-13)10-7-18-14(3,4)19-10/h10-13H,7H2,1-6H3/t10-,12-,13+/m1/s1. The molecule has 120 valence electrons. The minimum Gasteiger partial charge on any atom is -0.348 e. The number of ether oxygens (including phenoxy) is 4. The smallest absolute Gasteiger partial charge is 0.163 e. The molecule has 0 N–H and O–H groups in total. The number of rotatable bonds is 4. The molecule has 2 rings (SSSR count). The van der Waals surface area contributed by atoms with Gasteiger partial charge in [0.1, 0.15) is 35.8 Å². The quantitative estimate of drug-likeness (QED) is 0.732. The van der Waals surface area contributed by atoms with Gasteiger partial charge in [-0.2, -0.15) is 0 Å². The zero-order chi connectivity index (χ0) is 16.0. The number of Topliss-reactive ketones (excluding diaryl/α,β-unsaturated/α-hetero) is 2. The van der Waals surface area contributed by atoms with Crippen LogP contribution < -0.4 is 0 Å². The van der Waals surface area contributed by atoms with Crippen molar-refractivity contribution in [2.75, 3.05) is 6.61 Å². The van der Waals surface area contributed by atoms with E-state index in [1.165, 1.54) is 13.8 Å². The lowest BCUT2D eigenvalue weighted by Gasteiger charge is -2.26. The first-order valence-corrected chi connectivity index (χ1v) is 7.21. The fraction of sp³-hybridized carbons (Fsp3) is 0.867. The molecule has 0 amide bonds. The summed E-state index contributed by atoms with van der Waals surface area (Å²) in [5.74, 6) is -2.86. The summed E-state index contributed by atoms with van der Waals surface area (Å²) in [4.78, 5) is 23.7. The molecule has 0 aromatic heterocycles. The second-order valence-corrected chi connectivity index (χ2v) is 6.63. The highest BCUT2D eigenvalue weighted by molar-refractivity contribution is 6.01. The highest BCUT2D eigenvalue weighted by atomic mass is 16.8. The van der Waals surface area contributed by atoms with Crippen molar-refractivity contribution >= 4 is 11.6 Å². The van der Waals surface area contributed by atoms with Gasteiger partial charge >= 0.3 is 0 Å². The molecule has 2 saturated heterocycles. The first kappa shape index (κ1) is 16.5. The molecule has 2 aliphatic heterocycles. The zero-order valence-corrected chi connectivity index (χ0v) is 13.5. The second-order valence-electron chi connectivity index (χ2n) is 6.63. The Hall–Kier alpha value is -0.820. The van der Waals surface area contributed by atoms with Gasteiger partial charge in [-0.1, -0.05) is 0 Å². The summed E-state index contributed by atoms with van der Waals surface area (Å²) in [5, 5.41) is 0. The van der Waals surface area contributed by atoms with Gasteiger partial charge in [0.25, 0.3) is 0 Å². The van der Waals surface area contributed by atoms with Gasteiger partial charge in [0.05, 0.1) is 6.61 Å². The van der Waals surface area contributed by atoms with Gasteiger partial charge in [-0.05, 0) is 41.5 Å². The molecule has 0 bridgehead atoms. The van der Waals surface area contributed by atoms with E-state index in [4.69, 9.17) is 18.9 Å². The monoisotopic (exact) mass is 300 g/mol. The Labute approximate surface area is 125 Å². The van der Waals surface area contributed by atoms with Gasteiger partial charge in [0.15, 0.2) is 11.6 Å². The first-order chi connectivity index (χ1) is 9.52. The molecule has 0 radical (unpaired) electrons. The molecular weight excluding hydrogens is 276 g/mol. The Bertz CT molecular complexity index is 427. The van der Waals surface area contributed by atoms with E-state index in [0.717, 1.165) is 0 Å². The van der Waals surface area contributed by atoms with E-state index in [0.29, 0.717) is 6.61 Å². The number of hydrogen-bond acceptors (Lipinski definition) is 6. The average molecular weight is 300 g/mol. The number of carbonyl (C=O) groups is 2. The summed E-state index contributed by atoms with van der Waals surface area (Å²) in [5.41, 5.74) is 0. The van der Waals surface area contributed by atoms with Crippen LogP contribution in [0.5, 0.6) is 0 Å². The lowest BCUT2D eigenvalue weighted by atomic mass is 9.89. The fourth-order valence-corrected chi connectivity index (χ4v) is 2.99. The van der Waals surface area contributed by atoms with Crippen LogP contribution in [0.4, 0.5) is 0 Å². The van der Waals surface area contributed by atoms with Crippen molar-refractivity contribution in [3.8, 4) is 0 Å². The third-order valence-electron chi connectivity index (χ3n) is 3.76. The molecule has 3 atom stereocenters. The molecule has 6 heteroatoms. The van der Waals surface area contributed by atoms with E-state index < -0.39 is 29.7 Å². The van der Waals surface area contributed by atoms with Crippen molar-refractivity contribution < 1.29 is 28.5 Å². The Balaban J connectivity index is 2.25. The molecule has 2 heterocycles. The normalized spacial score (nSPS) is 34.3. The molecule has 0 aliphatic carbocycles. The van der Waals surface area contributed by atoms with Crippen LogP contribution in [0.2, 0.25) is 0 Å². The average Bonchev–Trinajstić information content (AvgIpc) is 2.78. The van der Waals surface area contributed by atoms with Crippen LogP contribution >= 0.6 is 0 Å². The minimum absolute atomic E-state index is 0.225. The molecule has 2 fully saturated rings. The van der Waals surface area contributed by atoms with Gasteiger partial charge in [-0.3, -0.25) is 9.59 Å². The molecule has 0 unspecified atom stereocenters. The van der Waals surface area contributed by atoms with E-state index in [2.05, 4.69) is 0 Å². The predicted molar refractivity (Wildman–Crippen MR) is 73.6 cm³/mol. The fourth-order valence-electron chi connectivity index (χ4n) is 2.99. The van der Waals surface area contributed by atoms with Crippen LogP contribution in [0.25, 0.3) is 0 Å². The predicted octanol–water partition coefficient (Wildman–Crippen LogP) is 1.45. The largest absolute Gasteiger partial charge is 0.348 e. The van der Waals surface area contributed by atoms with Crippen LogP contribution in [-0.2, 0) is 28.5 Å². The number of carbonyl (C=O) groups excluding carboxylic acids is 2. The van der Waals surface area contributed by atoms with Crippen molar-refractivity contribution in [2.45, 2.75) is 71.4 Å². The van der Waals surface area contributed by atoms with E-state index in [9.17, 15) is 9.59 Å². The zero-order valence-electron chi connectivity index (χ0n) is 13.5. The lowest BCUT2D eigenvalue weighted by Crippen LogP contribution is -2.45. The second kappa shape index (κ2) is 5.43. The Kier molecular flexibility index (Phi) is 4.28. The molecule has 0 saturated carbocycles. The maximum Gasteiger partial charge on any atom is 0.163 e. The minimum atomic E-state index is -0.866. The summed E-state index contributed by atoms with van der Waals surface area (Å²) in [6.45, 7) is 10.3. The van der Waals surface area contributed by atoms with Crippen LogP contribution in [0.15, 0.2) is 0 Å². The van der Waals surface area contributed by atoms with E-state index in [1.807, 2.05) is 13.8 Å². The summed E-state index contributed by atoms with van der Waals surface area (Å²) in [6.07, 6.45) is -1.54. The Morgan fingerprint density at radius 1 is 0.952 bits per heavy atom. The van der Waals surface area contributed by atoms with Crippen molar-refractivity contribution in [3.63, 3.8) is 0 Å². The van der Waals surface area contributed by atoms with E-state index >= 15 is 0 Å². The van der Waals surface area contributed by atoms with Crippen molar-refractivity contribution in [3.05, 3.63) is 0 Å². The van der Waals surface area contributed by atoms with Crippen LogP contribution in [0.1, 0.15) is 41.5 Å². The van der Waals surface area contributed by atoms with Crippen LogP contribution in [0, 0.1) is 5.92 Å². The van der Waals surface area contributed by atoms with Crippen molar-refractivity contribution in [2.24, 2.45) is 5.92 Å². The van der Waals surface area contributed by atoms with Gasteiger partial charge in [0, 0.05) is 0 Å². The van der Waals surface area contributed by atoms with E-state index in [-0.39, 0.29) is 17.7 Å². The summed E-state index contributed by atoms with van der Waals surface area (Å²) in [7, 11) is 0. The maximum absolute atomic E-state index is 11.8. The first-order valence-electron chi connectivity index (χ1n) is 7.21. The van der Waals surface area contributed by atoms with Crippen LogP contribution in [-0.4, -0.2) is 48.1 Å². The Morgan fingerprint density at radius 3 is 1.95 bits per heavy atom. The SMILES string of the molecule is CC(=O)C(C(C)=O)[C@@H]1OC(C)(C)O[C@@H]1[C@H]1COC(C)(C)O1. The number of ketones is 2. The van der Waals surface area contributed by atoms with Gasteiger partial charge < -0.3 is 18.9 Å². The van der Waals surface area contributed by atoms with Gasteiger partial charge in [-0.15, -0.1) is 0 Å². The molecule has 2 aliphatic rings. The van der Waals surface area contributed by atoms with Gasteiger partial charge in [-0.25, -0.2) is 0 Å². The summed E-state index contributed by atoms with van der Waals surface area (Å²) >= 11 is 0. The molecule has 0 aromatic carbocycles. The topological polar surface area (TPSA) is 71.1 Å². The lowest BCUT2D eigenvalue weighted by molar-refractivity contribution is -0.175. The van der Waals surface area contributed by atoms with Crippen LogP contribution in [0.3, 0.4) is 0 Å². The highest BCUT2D eigenvalue weighted by Gasteiger charge is 2.53. The number of hydrogen-bond donors (Lipinski definition) is 0. The molecule has 21 heavy (non-hydrogen) atoms. The third-order valence-corrected chi connectivity index (χ3v) is 3.76. The summed E-state index contributed by atoms with van der Waals surface area (Å²) in [6, 6.07) is 0. The molecule has 0 aromatic rings. The van der Waals surface area contributed by atoms with E-state index in [1.54, 1.807) is 13.8 Å². The Morgan fingerprint density at radius 2 is 1.52 bits per heavy atom. The molecule has 0 spiro atoms. The summed E-state index contributed by atoms with van der Waals surface area (Å²) < 4.78 is 23.1. The molecule has 6 nitrogen and oxygen atoms in total. The molecular formula is C15H24O6. The van der Waals surface area contributed by atoms with Crippen molar-refractivity contribution in [1.82, 2.24) is 0 Å². The van der Waals surface area contributed by atoms with Crippen molar-refractivity contribution in [1.29, 1.82) is 0 Å². The maximum atomic E-state index is 11.8. The van der Waals surface area contributed by atoms with Gasteiger partial charge in [0.2, 0.25) is 0 Å².